The molecule has 1 fully saturated rings. The molecule has 3 aromatic rings. The zero-order valence-corrected chi connectivity index (χ0v) is 14.5. The molecule has 0 saturated carbocycles. The second-order valence-corrected chi connectivity index (χ2v) is 6.40. The van der Waals surface area contributed by atoms with Crippen molar-refractivity contribution in [2.75, 3.05) is 36.5 Å². The van der Waals surface area contributed by atoms with Crippen molar-refractivity contribution in [1.82, 2.24) is 9.97 Å². The van der Waals surface area contributed by atoms with Gasteiger partial charge in [0.25, 0.3) is 0 Å². The monoisotopic (exact) mass is 354 g/mol. The quantitative estimate of drug-likeness (QED) is 0.773. The molecule has 1 aromatic carbocycles. The van der Waals surface area contributed by atoms with Crippen LogP contribution in [0.15, 0.2) is 48.8 Å². The standard InChI is InChI=1S/C19H19ClN4O/c20-15-3-4-16-17(5-7-21-18(16)12-15)23-13-14-2-1-6-22-19(14)24-8-10-25-11-9-24/h1-7,12H,8-11,13H2,(H,21,23). The third-order valence-electron chi connectivity index (χ3n) is 4.35. The van der Waals surface area contributed by atoms with Gasteiger partial charge in [0.05, 0.1) is 18.7 Å². The maximum atomic E-state index is 6.07. The number of ether oxygens (including phenoxy) is 1. The number of hydrogen-bond acceptors (Lipinski definition) is 5. The summed E-state index contributed by atoms with van der Waals surface area (Å²) in [5.74, 6) is 1.03. The smallest absolute Gasteiger partial charge is 0.133 e. The van der Waals surface area contributed by atoms with Crippen molar-refractivity contribution < 1.29 is 4.74 Å². The molecule has 4 rings (SSSR count). The van der Waals surface area contributed by atoms with Crippen LogP contribution in [0.2, 0.25) is 5.02 Å². The van der Waals surface area contributed by atoms with E-state index in [1.54, 1.807) is 6.20 Å². The molecule has 0 aliphatic carbocycles. The molecule has 1 N–H and O–H groups in total. The molecule has 25 heavy (non-hydrogen) atoms. The molecule has 5 nitrogen and oxygen atoms in total. The Balaban J connectivity index is 1.58. The summed E-state index contributed by atoms with van der Waals surface area (Å²) in [6, 6.07) is 11.8. The highest BCUT2D eigenvalue weighted by Crippen LogP contribution is 2.26. The number of hydrogen-bond donors (Lipinski definition) is 1. The fraction of sp³-hybridized carbons (Fsp3) is 0.263. The van der Waals surface area contributed by atoms with E-state index >= 15 is 0 Å². The van der Waals surface area contributed by atoms with Gasteiger partial charge in [-0.2, -0.15) is 0 Å². The Bertz CT molecular complexity index is 880. The number of morpholine rings is 1. The Kier molecular flexibility index (Phi) is 4.68. The zero-order valence-electron chi connectivity index (χ0n) is 13.8. The normalized spacial score (nSPS) is 14.7. The minimum Gasteiger partial charge on any atom is -0.380 e. The average molecular weight is 355 g/mol. The van der Waals surface area contributed by atoms with Gasteiger partial charge in [0.15, 0.2) is 0 Å². The number of benzene rings is 1. The summed E-state index contributed by atoms with van der Waals surface area (Å²) in [5, 5.41) is 5.27. The number of halogens is 1. The molecule has 2 aromatic heterocycles. The summed E-state index contributed by atoms with van der Waals surface area (Å²) in [5.41, 5.74) is 3.10. The lowest BCUT2D eigenvalue weighted by Gasteiger charge is -2.29. The van der Waals surface area contributed by atoms with Crippen LogP contribution < -0.4 is 10.2 Å². The Morgan fingerprint density at radius 3 is 2.84 bits per heavy atom. The van der Waals surface area contributed by atoms with E-state index < -0.39 is 0 Å². The highest BCUT2D eigenvalue weighted by atomic mass is 35.5. The van der Waals surface area contributed by atoms with Crippen molar-refractivity contribution in [3.05, 3.63) is 59.4 Å². The van der Waals surface area contributed by atoms with Crippen LogP contribution in [0.4, 0.5) is 11.5 Å². The predicted octanol–water partition coefficient (Wildman–Crippen LogP) is 3.73. The highest BCUT2D eigenvalue weighted by Gasteiger charge is 2.15. The average Bonchev–Trinajstić information content (AvgIpc) is 2.67. The summed E-state index contributed by atoms with van der Waals surface area (Å²) in [6.45, 7) is 3.95. The largest absolute Gasteiger partial charge is 0.380 e. The summed E-state index contributed by atoms with van der Waals surface area (Å²) >= 11 is 6.07. The van der Waals surface area contributed by atoms with Crippen molar-refractivity contribution in [1.29, 1.82) is 0 Å². The molecule has 0 amide bonds. The van der Waals surface area contributed by atoms with Crippen LogP contribution in [0, 0.1) is 0 Å². The van der Waals surface area contributed by atoms with Gasteiger partial charge in [0.1, 0.15) is 5.82 Å². The molecule has 1 aliphatic rings. The second-order valence-electron chi connectivity index (χ2n) is 5.96. The first-order chi connectivity index (χ1) is 12.3. The number of nitrogens with zero attached hydrogens (tertiary/aromatic N) is 3. The van der Waals surface area contributed by atoms with Crippen molar-refractivity contribution in [3.8, 4) is 0 Å². The molecular weight excluding hydrogens is 336 g/mol. The van der Waals surface area contributed by atoms with Gasteiger partial charge < -0.3 is 15.0 Å². The zero-order chi connectivity index (χ0) is 17.1. The van der Waals surface area contributed by atoms with Crippen LogP contribution in [0.5, 0.6) is 0 Å². The molecule has 1 saturated heterocycles. The van der Waals surface area contributed by atoms with Gasteiger partial charge in [-0.05, 0) is 30.3 Å². The van der Waals surface area contributed by atoms with Gasteiger partial charge in [0.2, 0.25) is 0 Å². The van der Waals surface area contributed by atoms with Gasteiger partial charge >= 0.3 is 0 Å². The van der Waals surface area contributed by atoms with Crippen molar-refractivity contribution in [3.63, 3.8) is 0 Å². The minimum atomic E-state index is 0.694. The van der Waals surface area contributed by atoms with E-state index in [0.29, 0.717) is 11.6 Å². The Morgan fingerprint density at radius 2 is 1.96 bits per heavy atom. The number of fused-ring (bicyclic) bond motifs is 1. The first-order valence-corrected chi connectivity index (χ1v) is 8.74. The van der Waals surface area contributed by atoms with Crippen LogP contribution in [0.25, 0.3) is 10.9 Å². The molecule has 0 spiro atoms. The van der Waals surface area contributed by atoms with E-state index in [1.165, 1.54) is 5.56 Å². The Hall–Kier alpha value is -2.37. The lowest BCUT2D eigenvalue weighted by atomic mass is 10.1. The van der Waals surface area contributed by atoms with Crippen LogP contribution in [-0.4, -0.2) is 36.3 Å². The number of nitrogens with one attached hydrogen (secondary N) is 1. The highest BCUT2D eigenvalue weighted by molar-refractivity contribution is 6.31. The molecule has 3 heterocycles. The Morgan fingerprint density at radius 1 is 1.08 bits per heavy atom. The molecule has 0 atom stereocenters. The van der Waals surface area contributed by atoms with Crippen molar-refractivity contribution in [2.45, 2.75) is 6.54 Å². The van der Waals surface area contributed by atoms with Crippen LogP contribution in [-0.2, 0) is 11.3 Å². The molecule has 1 aliphatic heterocycles. The minimum absolute atomic E-state index is 0.694. The fourth-order valence-corrected chi connectivity index (χ4v) is 3.26. The van der Waals surface area contributed by atoms with Crippen molar-refractivity contribution >= 4 is 34.0 Å². The maximum absolute atomic E-state index is 6.07. The SMILES string of the molecule is Clc1ccc2c(NCc3cccnc3N3CCOCC3)ccnc2c1. The first-order valence-electron chi connectivity index (χ1n) is 8.36. The van der Waals surface area contributed by atoms with E-state index in [0.717, 1.165) is 48.7 Å². The molecule has 6 heteroatoms. The first kappa shape index (κ1) is 16.1. The molecular formula is C19H19ClN4O. The maximum Gasteiger partial charge on any atom is 0.133 e. The number of aromatic nitrogens is 2. The van der Waals surface area contributed by atoms with Crippen LogP contribution in [0.3, 0.4) is 0 Å². The number of pyridine rings is 2. The van der Waals surface area contributed by atoms with Crippen molar-refractivity contribution in [2.24, 2.45) is 0 Å². The third-order valence-corrected chi connectivity index (χ3v) is 4.59. The van der Waals surface area contributed by atoms with Crippen LogP contribution >= 0.6 is 11.6 Å². The molecule has 0 bridgehead atoms. The van der Waals surface area contributed by atoms with Gasteiger partial charge in [0, 0.05) is 53.7 Å². The molecule has 0 unspecified atom stereocenters. The van der Waals surface area contributed by atoms with E-state index in [9.17, 15) is 0 Å². The van der Waals surface area contributed by atoms with Gasteiger partial charge in [-0.3, -0.25) is 4.98 Å². The predicted molar refractivity (Wildman–Crippen MR) is 101 cm³/mol. The molecule has 128 valence electrons. The summed E-state index contributed by atoms with van der Waals surface area (Å²) < 4.78 is 5.45. The molecule has 0 radical (unpaired) electrons. The lowest BCUT2D eigenvalue weighted by Crippen LogP contribution is -2.37. The second kappa shape index (κ2) is 7.25. The van der Waals surface area contributed by atoms with Crippen LogP contribution in [0.1, 0.15) is 5.56 Å². The van der Waals surface area contributed by atoms with Gasteiger partial charge in [-0.1, -0.05) is 17.7 Å². The summed E-state index contributed by atoms with van der Waals surface area (Å²) in [6.07, 6.45) is 3.64. The number of rotatable bonds is 4. The number of anilines is 2. The summed E-state index contributed by atoms with van der Waals surface area (Å²) in [4.78, 5) is 11.3. The van der Waals surface area contributed by atoms with Gasteiger partial charge in [-0.25, -0.2) is 4.98 Å². The Labute approximate surface area is 151 Å². The van der Waals surface area contributed by atoms with Gasteiger partial charge in [-0.15, -0.1) is 0 Å². The van der Waals surface area contributed by atoms with E-state index in [-0.39, 0.29) is 0 Å². The van der Waals surface area contributed by atoms with E-state index in [4.69, 9.17) is 16.3 Å². The topological polar surface area (TPSA) is 50.3 Å². The van der Waals surface area contributed by atoms with E-state index in [1.807, 2.05) is 36.5 Å². The summed E-state index contributed by atoms with van der Waals surface area (Å²) in [7, 11) is 0. The lowest BCUT2D eigenvalue weighted by molar-refractivity contribution is 0.122. The fourth-order valence-electron chi connectivity index (χ4n) is 3.09. The van der Waals surface area contributed by atoms with E-state index in [2.05, 4.69) is 26.3 Å². The third kappa shape index (κ3) is 3.52.